The Balaban J connectivity index is 1.41. The molecule has 1 aliphatic heterocycles. The summed E-state index contributed by atoms with van der Waals surface area (Å²) in [4.78, 5) is 27.5. The van der Waals surface area contributed by atoms with E-state index >= 15 is 0 Å². The van der Waals surface area contributed by atoms with Crippen molar-refractivity contribution < 1.29 is 4.79 Å². The minimum atomic E-state index is 0.131. The standard InChI is InChI=1S/C27H31N7O/c35-20-30-27-31-25(24-26(32-27)34(19-29-24)17-16-33-14-8-3-9-15-33)28-18-23(21-10-4-1-5-11-21)22-12-6-2-7-13-22/h1-2,4-7,10-13,19-20,23H,3,8-9,14-18H2,(H2,28,30,31,32,35). The van der Waals surface area contributed by atoms with Crippen LogP contribution in [0.2, 0.25) is 0 Å². The molecule has 1 aliphatic rings. The number of anilines is 2. The Labute approximate surface area is 205 Å². The highest BCUT2D eigenvalue weighted by molar-refractivity contribution is 5.85. The topological polar surface area (TPSA) is 88.0 Å². The molecule has 3 heterocycles. The molecule has 0 saturated carbocycles. The van der Waals surface area contributed by atoms with E-state index in [4.69, 9.17) is 0 Å². The normalized spacial score (nSPS) is 14.3. The largest absolute Gasteiger partial charge is 0.367 e. The smallest absolute Gasteiger partial charge is 0.233 e. The lowest BCUT2D eigenvalue weighted by Crippen LogP contribution is -2.32. The number of carbonyl (C=O) groups is 1. The number of nitrogens with one attached hydrogen (secondary N) is 2. The number of benzene rings is 2. The monoisotopic (exact) mass is 469 g/mol. The summed E-state index contributed by atoms with van der Waals surface area (Å²) in [5.74, 6) is 1.02. The number of carbonyl (C=O) groups excluding carboxylic acids is 1. The number of piperidine rings is 1. The number of likely N-dealkylation sites (tertiary alicyclic amines) is 1. The second-order valence-electron chi connectivity index (χ2n) is 8.93. The predicted octanol–water partition coefficient (Wildman–Crippen LogP) is 4.12. The van der Waals surface area contributed by atoms with Gasteiger partial charge in [-0.2, -0.15) is 9.97 Å². The van der Waals surface area contributed by atoms with Crippen molar-refractivity contribution in [1.29, 1.82) is 0 Å². The molecule has 0 atom stereocenters. The number of nitrogens with zero attached hydrogens (tertiary/aromatic N) is 5. The average Bonchev–Trinajstić information content (AvgIpc) is 3.32. The van der Waals surface area contributed by atoms with Gasteiger partial charge in [0.05, 0.1) is 6.33 Å². The van der Waals surface area contributed by atoms with Crippen LogP contribution in [0.3, 0.4) is 0 Å². The van der Waals surface area contributed by atoms with Crippen LogP contribution in [0, 0.1) is 0 Å². The fraction of sp³-hybridized carbons (Fsp3) is 0.333. The summed E-state index contributed by atoms with van der Waals surface area (Å²) < 4.78 is 2.05. The van der Waals surface area contributed by atoms with Crippen LogP contribution < -0.4 is 10.6 Å². The summed E-state index contributed by atoms with van der Waals surface area (Å²) in [5, 5.41) is 6.13. The fourth-order valence-corrected chi connectivity index (χ4v) is 4.78. The first kappa shape index (κ1) is 23.0. The van der Waals surface area contributed by atoms with Crippen molar-refractivity contribution >= 4 is 29.3 Å². The van der Waals surface area contributed by atoms with Crippen LogP contribution in [0.25, 0.3) is 11.2 Å². The lowest BCUT2D eigenvalue weighted by Gasteiger charge is -2.26. The van der Waals surface area contributed by atoms with Crippen LogP contribution in [0.5, 0.6) is 0 Å². The van der Waals surface area contributed by atoms with Crippen LogP contribution in [0.1, 0.15) is 36.3 Å². The molecule has 180 valence electrons. The number of fused-ring (bicyclic) bond motifs is 1. The van der Waals surface area contributed by atoms with Gasteiger partial charge in [0.1, 0.15) is 0 Å². The maximum absolute atomic E-state index is 11.2. The summed E-state index contributed by atoms with van der Waals surface area (Å²) in [6, 6.07) is 20.9. The zero-order valence-electron chi connectivity index (χ0n) is 19.8. The summed E-state index contributed by atoms with van der Waals surface area (Å²) in [5.41, 5.74) is 3.87. The SMILES string of the molecule is O=CNc1nc(NCC(c2ccccc2)c2ccccc2)c2ncn(CCN3CCCCC3)c2n1. The Morgan fingerprint density at radius 2 is 1.57 bits per heavy atom. The van der Waals surface area contributed by atoms with Gasteiger partial charge in [-0.3, -0.25) is 10.1 Å². The molecule has 8 nitrogen and oxygen atoms in total. The molecule has 1 saturated heterocycles. The maximum atomic E-state index is 11.2. The summed E-state index contributed by atoms with van der Waals surface area (Å²) in [6.45, 7) is 4.67. The molecule has 2 aromatic carbocycles. The molecule has 1 amide bonds. The van der Waals surface area contributed by atoms with Crippen LogP contribution in [-0.2, 0) is 11.3 Å². The van der Waals surface area contributed by atoms with E-state index in [0.29, 0.717) is 24.3 Å². The quantitative estimate of drug-likeness (QED) is 0.340. The Morgan fingerprint density at radius 3 is 2.23 bits per heavy atom. The molecule has 4 aromatic rings. The molecule has 2 aromatic heterocycles. The van der Waals surface area contributed by atoms with Crippen molar-refractivity contribution in [3.8, 4) is 0 Å². The second-order valence-corrected chi connectivity index (χ2v) is 8.93. The maximum Gasteiger partial charge on any atom is 0.233 e. The molecule has 0 spiro atoms. The summed E-state index contributed by atoms with van der Waals surface area (Å²) >= 11 is 0. The average molecular weight is 470 g/mol. The van der Waals surface area contributed by atoms with Gasteiger partial charge in [0.25, 0.3) is 0 Å². The second kappa shape index (κ2) is 11.1. The molecular weight excluding hydrogens is 438 g/mol. The summed E-state index contributed by atoms with van der Waals surface area (Å²) in [7, 11) is 0. The Hall–Kier alpha value is -3.78. The molecule has 5 rings (SSSR count). The zero-order chi connectivity index (χ0) is 23.9. The number of amides is 1. The van der Waals surface area contributed by atoms with Gasteiger partial charge in [0, 0.05) is 25.6 Å². The number of rotatable bonds is 10. The van der Waals surface area contributed by atoms with E-state index in [-0.39, 0.29) is 11.9 Å². The molecule has 1 fully saturated rings. The Kier molecular flexibility index (Phi) is 7.29. The van der Waals surface area contributed by atoms with Gasteiger partial charge in [-0.1, -0.05) is 67.1 Å². The van der Waals surface area contributed by atoms with Crippen molar-refractivity contribution in [1.82, 2.24) is 24.4 Å². The van der Waals surface area contributed by atoms with Crippen molar-refractivity contribution in [3.63, 3.8) is 0 Å². The highest BCUT2D eigenvalue weighted by atomic mass is 16.1. The van der Waals surface area contributed by atoms with E-state index in [2.05, 4.69) is 83.6 Å². The van der Waals surface area contributed by atoms with Gasteiger partial charge in [0.15, 0.2) is 17.0 Å². The Bertz CT molecular complexity index is 1200. The van der Waals surface area contributed by atoms with Crippen molar-refractivity contribution in [2.75, 3.05) is 36.8 Å². The minimum Gasteiger partial charge on any atom is -0.367 e. The highest BCUT2D eigenvalue weighted by Gasteiger charge is 2.18. The van der Waals surface area contributed by atoms with Gasteiger partial charge in [-0.05, 0) is 37.1 Å². The number of hydrogen-bond donors (Lipinski definition) is 2. The molecule has 2 N–H and O–H groups in total. The fourth-order valence-electron chi connectivity index (χ4n) is 4.78. The molecule has 0 radical (unpaired) electrons. The van der Waals surface area contributed by atoms with E-state index < -0.39 is 0 Å². The van der Waals surface area contributed by atoms with Gasteiger partial charge in [0.2, 0.25) is 12.4 Å². The first-order valence-electron chi connectivity index (χ1n) is 12.3. The molecule has 35 heavy (non-hydrogen) atoms. The zero-order valence-corrected chi connectivity index (χ0v) is 19.8. The number of hydrogen-bond acceptors (Lipinski definition) is 6. The lowest BCUT2D eigenvalue weighted by molar-refractivity contribution is -0.105. The third kappa shape index (κ3) is 5.49. The number of aromatic nitrogens is 4. The van der Waals surface area contributed by atoms with E-state index in [1.54, 1.807) is 0 Å². The van der Waals surface area contributed by atoms with Crippen LogP contribution in [-0.4, -0.2) is 57.0 Å². The first-order chi connectivity index (χ1) is 17.3. The van der Waals surface area contributed by atoms with Crippen molar-refractivity contribution in [3.05, 3.63) is 78.1 Å². The Morgan fingerprint density at radius 1 is 0.886 bits per heavy atom. The van der Waals surface area contributed by atoms with E-state index in [0.717, 1.165) is 31.8 Å². The van der Waals surface area contributed by atoms with E-state index in [1.165, 1.54) is 30.4 Å². The molecule has 0 bridgehead atoms. The lowest BCUT2D eigenvalue weighted by atomic mass is 9.91. The number of imidazole rings is 1. The molecular formula is C27H31N7O. The van der Waals surface area contributed by atoms with Gasteiger partial charge in [-0.15, -0.1) is 0 Å². The predicted molar refractivity (Wildman–Crippen MR) is 139 cm³/mol. The van der Waals surface area contributed by atoms with Crippen molar-refractivity contribution in [2.45, 2.75) is 31.7 Å². The molecule has 0 unspecified atom stereocenters. The third-order valence-corrected chi connectivity index (χ3v) is 6.64. The van der Waals surface area contributed by atoms with Crippen molar-refractivity contribution in [2.24, 2.45) is 0 Å². The molecule has 0 aliphatic carbocycles. The van der Waals surface area contributed by atoms with E-state index in [1.807, 2.05) is 18.5 Å². The van der Waals surface area contributed by atoms with Crippen LogP contribution >= 0.6 is 0 Å². The third-order valence-electron chi connectivity index (χ3n) is 6.64. The minimum absolute atomic E-state index is 0.131. The van der Waals surface area contributed by atoms with Gasteiger partial charge < -0.3 is 14.8 Å². The van der Waals surface area contributed by atoms with E-state index in [9.17, 15) is 4.79 Å². The van der Waals surface area contributed by atoms with Crippen LogP contribution in [0.4, 0.5) is 11.8 Å². The summed E-state index contributed by atoms with van der Waals surface area (Å²) in [6.07, 6.45) is 6.28. The molecule has 8 heteroatoms. The highest BCUT2D eigenvalue weighted by Crippen LogP contribution is 2.27. The van der Waals surface area contributed by atoms with Gasteiger partial charge >= 0.3 is 0 Å². The first-order valence-corrected chi connectivity index (χ1v) is 12.3. The van der Waals surface area contributed by atoms with Gasteiger partial charge in [-0.25, -0.2) is 4.98 Å². The van der Waals surface area contributed by atoms with Crippen LogP contribution in [0.15, 0.2) is 67.0 Å².